The van der Waals surface area contributed by atoms with Crippen molar-refractivity contribution in [2.75, 3.05) is 24.5 Å². The number of carbonyl (C=O) groups excluding carboxylic acids is 2. The summed E-state index contributed by atoms with van der Waals surface area (Å²) in [6.07, 6.45) is 0.209. The Balaban J connectivity index is 1.81. The minimum absolute atomic E-state index is 0.0113. The molecule has 1 N–H and O–H groups in total. The third-order valence-corrected chi connectivity index (χ3v) is 9.44. The molecule has 0 radical (unpaired) electrons. The maximum absolute atomic E-state index is 14.4. The minimum atomic E-state index is -4.25. The fraction of sp³-hybridized carbons (Fsp3) is 0.212. The van der Waals surface area contributed by atoms with Crippen LogP contribution in [0.4, 0.5) is 5.69 Å². The fourth-order valence-corrected chi connectivity index (χ4v) is 6.42. The van der Waals surface area contributed by atoms with Crippen molar-refractivity contribution in [1.29, 1.82) is 0 Å². The van der Waals surface area contributed by atoms with Crippen LogP contribution in [0, 0.1) is 0 Å². The van der Waals surface area contributed by atoms with E-state index in [1.165, 1.54) is 35.2 Å². The fourth-order valence-electron chi connectivity index (χ4n) is 4.70. The van der Waals surface area contributed by atoms with Gasteiger partial charge in [0.15, 0.2) is 0 Å². The Labute approximate surface area is 268 Å². The molecule has 0 saturated heterocycles. The van der Waals surface area contributed by atoms with E-state index in [1.807, 2.05) is 36.4 Å². The van der Waals surface area contributed by atoms with E-state index in [0.717, 1.165) is 9.87 Å². The number of ether oxygens (including phenoxy) is 1. The molecule has 0 bridgehead atoms. The Morgan fingerprint density at radius 1 is 0.841 bits per heavy atom. The van der Waals surface area contributed by atoms with E-state index in [4.69, 9.17) is 27.9 Å². The number of sulfonamides is 1. The molecular weight excluding hydrogens is 621 g/mol. The second-order valence-electron chi connectivity index (χ2n) is 9.90. The normalized spacial score (nSPS) is 11.8. The van der Waals surface area contributed by atoms with Gasteiger partial charge in [0, 0.05) is 19.5 Å². The van der Waals surface area contributed by atoms with E-state index in [1.54, 1.807) is 50.4 Å². The van der Waals surface area contributed by atoms with Crippen LogP contribution in [0.15, 0.2) is 108 Å². The topological polar surface area (TPSA) is 96.0 Å². The van der Waals surface area contributed by atoms with E-state index in [9.17, 15) is 18.0 Å². The van der Waals surface area contributed by atoms with E-state index < -0.39 is 28.5 Å². The summed E-state index contributed by atoms with van der Waals surface area (Å²) in [5.74, 6) is -0.373. The van der Waals surface area contributed by atoms with Crippen LogP contribution in [0.3, 0.4) is 0 Å². The van der Waals surface area contributed by atoms with Gasteiger partial charge in [-0.05, 0) is 60.5 Å². The van der Waals surface area contributed by atoms with Gasteiger partial charge in [-0.25, -0.2) is 8.42 Å². The van der Waals surface area contributed by atoms with Crippen LogP contribution in [0.25, 0.3) is 0 Å². The maximum atomic E-state index is 14.4. The smallest absolute Gasteiger partial charge is 0.264 e. The lowest BCUT2D eigenvalue weighted by Crippen LogP contribution is -2.53. The van der Waals surface area contributed by atoms with E-state index in [0.29, 0.717) is 17.9 Å². The highest BCUT2D eigenvalue weighted by atomic mass is 35.5. The lowest BCUT2D eigenvalue weighted by Gasteiger charge is -2.34. The van der Waals surface area contributed by atoms with E-state index in [-0.39, 0.29) is 39.5 Å². The number of nitrogens with one attached hydrogen (secondary N) is 1. The van der Waals surface area contributed by atoms with Gasteiger partial charge in [-0.1, -0.05) is 83.9 Å². The van der Waals surface area contributed by atoms with Gasteiger partial charge in [-0.2, -0.15) is 0 Å². The number of hydrogen-bond acceptors (Lipinski definition) is 5. The van der Waals surface area contributed by atoms with Crippen LogP contribution in [0.2, 0.25) is 10.0 Å². The highest BCUT2D eigenvalue weighted by Gasteiger charge is 2.34. The Kier molecular flexibility index (Phi) is 11.3. The third kappa shape index (κ3) is 8.11. The highest BCUT2D eigenvalue weighted by molar-refractivity contribution is 7.92. The van der Waals surface area contributed by atoms with Crippen LogP contribution >= 0.6 is 23.2 Å². The number of hydrogen-bond donors (Lipinski definition) is 1. The zero-order valence-electron chi connectivity index (χ0n) is 24.3. The number of methoxy groups -OCH3 is 1. The zero-order valence-corrected chi connectivity index (χ0v) is 26.6. The summed E-state index contributed by atoms with van der Waals surface area (Å²) in [6.45, 7) is 1.56. The van der Waals surface area contributed by atoms with Crippen molar-refractivity contribution < 1.29 is 22.7 Å². The Hall–Kier alpha value is -4.05. The Morgan fingerprint density at radius 2 is 1.50 bits per heavy atom. The molecule has 1 atom stereocenters. The second kappa shape index (κ2) is 15.1. The highest BCUT2D eigenvalue weighted by Crippen LogP contribution is 2.31. The first kappa shape index (κ1) is 32.9. The van der Waals surface area contributed by atoms with Crippen LogP contribution < -0.4 is 14.4 Å². The number of anilines is 1. The predicted octanol–water partition coefficient (Wildman–Crippen LogP) is 5.97. The molecule has 2 amide bonds. The summed E-state index contributed by atoms with van der Waals surface area (Å²) in [4.78, 5) is 29.4. The average molecular weight is 655 g/mol. The van der Waals surface area contributed by atoms with Crippen molar-refractivity contribution in [3.05, 3.63) is 124 Å². The first-order valence-corrected chi connectivity index (χ1v) is 16.1. The van der Waals surface area contributed by atoms with Crippen LogP contribution in [0.1, 0.15) is 18.1 Å². The number of rotatable bonds is 13. The van der Waals surface area contributed by atoms with Crippen molar-refractivity contribution in [2.24, 2.45) is 0 Å². The van der Waals surface area contributed by atoms with E-state index in [2.05, 4.69) is 5.32 Å². The van der Waals surface area contributed by atoms with Gasteiger partial charge in [-0.15, -0.1) is 0 Å². The van der Waals surface area contributed by atoms with Crippen LogP contribution in [0.5, 0.6) is 5.75 Å². The molecule has 8 nitrogen and oxygen atoms in total. The Morgan fingerprint density at radius 3 is 2.14 bits per heavy atom. The average Bonchev–Trinajstić information content (AvgIpc) is 3.03. The number of likely N-dealkylation sites (N-methyl/N-ethyl adjacent to an activating group) is 1. The van der Waals surface area contributed by atoms with Crippen LogP contribution in [-0.4, -0.2) is 51.4 Å². The molecule has 0 fully saturated rings. The molecule has 230 valence electrons. The number of halogens is 2. The van der Waals surface area contributed by atoms with Gasteiger partial charge < -0.3 is 15.0 Å². The SMILES string of the molecule is CCNC(=O)[C@H](Cc1ccccc1)N(Cc1cccc(OC)c1)C(=O)CN(c1ccc(Cl)c(Cl)c1)S(=O)(=O)c1ccccc1. The largest absolute Gasteiger partial charge is 0.497 e. The zero-order chi connectivity index (χ0) is 31.7. The lowest BCUT2D eigenvalue weighted by atomic mass is 10.0. The molecule has 0 saturated carbocycles. The van der Waals surface area contributed by atoms with Gasteiger partial charge >= 0.3 is 0 Å². The predicted molar refractivity (Wildman–Crippen MR) is 174 cm³/mol. The van der Waals surface area contributed by atoms with Crippen molar-refractivity contribution in [3.8, 4) is 5.75 Å². The van der Waals surface area contributed by atoms with E-state index >= 15 is 0 Å². The molecule has 0 aliphatic heterocycles. The van der Waals surface area contributed by atoms with Gasteiger partial charge in [0.1, 0.15) is 18.3 Å². The van der Waals surface area contributed by atoms with Gasteiger partial charge in [-0.3, -0.25) is 13.9 Å². The maximum Gasteiger partial charge on any atom is 0.264 e. The number of amides is 2. The monoisotopic (exact) mass is 653 g/mol. The number of benzene rings is 4. The summed E-state index contributed by atoms with van der Waals surface area (Å²) in [5, 5.41) is 3.20. The molecule has 0 aliphatic carbocycles. The van der Waals surface area contributed by atoms with Crippen LogP contribution in [-0.2, 0) is 32.6 Å². The summed E-state index contributed by atoms with van der Waals surface area (Å²) in [7, 11) is -2.71. The molecule has 0 unspecified atom stereocenters. The summed E-state index contributed by atoms with van der Waals surface area (Å²) in [5.41, 5.74) is 1.69. The molecule has 0 heterocycles. The first-order valence-electron chi connectivity index (χ1n) is 13.9. The summed E-state index contributed by atoms with van der Waals surface area (Å²) >= 11 is 12.4. The molecule has 4 aromatic rings. The minimum Gasteiger partial charge on any atom is -0.497 e. The number of nitrogens with zero attached hydrogens (tertiary/aromatic N) is 2. The second-order valence-corrected chi connectivity index (χ2v) is 12.6. The molecule has 4 aromatic carbocycles. The van der Waals surface area contributed by atoms with Gasteiger partial charge in [0.2, 0.25) is 11.8 Å². The van der Waals surface area contributed by atoms with Crippen molar-refractivity contribution in [1.82, 2.24) is 10.2 Å². The first-order chi connectivity index (χ1) is 21.1. The Bertz CT molecular complexity index is 1690. The standard InChI is InChI=1S/C33H33Cl2N3O5S/c1-3-36-33(40)31(20-24-11-6-4-7-12-24)37(22-25-13-10-14-27(19-25)43-2)32(39)23-38(26-17-18-29(34)30(35)21-26)44(41,42)28-15-8-5-9-16-28/h4-19,21,31H,3,20,22-23H2,1-2H3,(H,36,40)/t31-/m0/s1. The quantitative estimate of drug-likeness (QED) is 0.192. The summed E-state index contributed by atoms with van der Waals surface area (Å²) < 4.78 is 34.4. The molecular formula is C33H33Cl2N3O5S. The van der Waals surface area contributed by atoms with Gasteiger partial charge in [0.05, 0.1) is 27.7 Å². The van der Waals surface area contributed by atoms with Crippen molar-refractivity contribution in [3.63, 3.8) is 0 Å². The van der Waals surface area contributed by atoms with Crippen molar-refractivity contribution in [2.45, 2.75) is 30.8 Å². The van der Waals surface area contributed by atoms with Crippen molar-refractivity contribution >= 4 is 50.7 Å². The molecule has 0 spiro atoms. The molecule has 11 heteroatoms. The molecule has 4 rings (SSSR count). The summed E-state index contributed by atoms with van der Waals surface area (Å²) in [6, 6.07) is 27.7. The lowest BCUT2D eigenvalue weighted by molar-refractivity contribution is -0.140. The molecule has 0 aliphatic rings. The number of carbonyl (C=O) groups is 2. The third-order valence-electron chi connectivity index (χ3n) is 6.91. The molecule has 0 aromatic heterocycles. The van der Waals surface area contributed by atoms with Gasteiger partial charge in [0.25, 0.3) is 10.0 Å². The molecule has 44 heavy (non-hydrogen) atoms.